The van der Waals surface area contributed by atoms with E-state index in [2.05, 4.69) is 25.0 Å². The highest BCUT2D eigenvalue weighted by molar-refractivity contribution is 6.76. The molecule has 5 rings (SSSR count). The zero-order chi connectivity index (χ0) is 27.2. The van der Waals surface area contributed by atoms with Gasteiger partial charge in [-0.3, -0.25) is 10.0 Å². The Balaban J connectivity index is 1.55. The van der Waals surface area contributed by atoms with Crippen molar-refractivity contribution in [2.45, 2.75) is 37.8 Å². The Morgan fingerprint density at radius 2 is 1.97 bits per heavy atom. The summed E-state index contributed by atoms with van der Waals surface area (Å²) in [4.78, 5) is 28.1. The van der Waals surface area contributed by atoms with Gasteiger partial charge in [-0.1, -0.05) is 19.6 Å². The fourth-order valence-corrected chi connectivity index (χ4v) is 5.31. The number of rotatable bonds is 9. The summed E-state index contributed by atoms with van der Waals surface area (Å²) in [6.07, 6.45) is 3.12. The molecule has 1 saturated heterocycles. The number of benzene rings is 1. The van der Waals surface area contributed by atoms with E-state index in [0.29, 0.717) is 28.8 Å². The van der Waals surface area contributed by atoms with Crippen molar-refractivity contribution in [3.8, 4) is 11.6 Å². The number of nitrogens with zero attached hydrogens (tertiary/aromatic N) is 3. The molecule has 0 aliphatic carbocycles. The summed E-state index contributed by atoms with van der Waals surface area (Å²) in [6, 6.07) is 10.2. The molecule has 38 heavy (non-hydrogen) atoms. The van der Waals surface area contributed by atoms with Crippen LogP contribution in [0.2, 0.25) is 25.7 Å². The maximum absolute atomic E-state index is 13.9. The number of urea groups is 1. The molecule has 3 aromatic heterocycles. The van der Waals surface area contributed by atoms with Crippen LogP contribution in [0.1, 0.15) is 5.76 Å². The van der Waals surface area contributed by atoms with E-state index in [0.717, 1.165) is 21.1 Å². The molecule has 11 nitrogen and oxygen atoms in total. The molecule has 3 N–H and O–H groups in total. The Labute approximate surface area is 219 Å². The van der Waals surface area contributed by atoms with Crippen LogP contribution in [0.3, 0.4) is 0 Å². The molecule has 4 aromatic rings. The number of carbonyl (C=O) groups excluding carboxylic acids is 2. The molecule has 0 saturated carbocycles. The molecule has 1 aliphatic rings. The van der Waals surface area contributed by atoms with Crippen molar-refractivity contribution in [3.05, 3.63) is 54.6 Å². The zero-order valence-corrected chi connectivity index (χ0v) is 22.7. The Hall–Kier alpha value is -4.03. The fraction of sp³-hybridized carbons (Fsp3) is 0.346. The maximum Gasteiger partial charge on any atom is 0.327 e. The van der Waals surface area contributed by atoms with Crippen molar-refractivity contribution in [2.75, 3.05) is 20.4 Å². The number of aromatic nitrogens is 2. The molecular weight excluding hydrogens is 508 g/mol. The molecule has 1 aromatic carbocycles. The smallest absolute Gasteiger partial charge is 0.327 e. The zero-order valence-electron chi connectivity index (χ0n) is 21.7. The molecule has 0 bridgehead atoms. The van der Waals surface area contributed by atoms with Crippen LogP contribution in [-0.4, -0.2) is 60.2 Å². The number of amides is 3. The van der Waals surface area contributed by atoms with Crippen molar-refractivity contribution in [2.24, 2.45) is 0 Å². The molecule has 1 atom stereocenters. The number of furan rings is 1. The number of aromatic hydroxyl groups is 1. The van der Waals surface area contributed by atoms with Gasteiger partial charge in [-0.15, -0.1) is 0 Å². The minimum Gasteiger partial charge on any atom is -0.497 e. The predicted molar refractivity (Wildman–Crippen MR) is 140 cm³/mol. The predicted octanol–water partition coefficient (Wildman–Crippen LogP) is 3.39. The quantitative estimate of drug-likeness (QED) is 0.0977. The van der Waals surface area contributed by atoms with Crippen molar-refractivity contribution >= 4 is 41.9 Å². The first-order valence-electron chi connectivity index (χ1n) is 12.2. The Kier molecular flexibility index (Phi) is 6.31. The van der Waals surface area contributed by atoms with E-state index in [-0.39, 0.29) is 24.9 Å². The first-order chi connectivity index (χ1) is 18.0. The topological polar surface area (TPSA) is 130 Å². The van der Waals surface area contributed by atoms with E-state index in [9.17, 15) is 19.9 Å². The van der Waals surface area contributed by atoms with Gasteiger partial charge in [0.15, 0.2) is 11.4 Å². The van der Waals surface area contributed by atoms with Gasteiger partial charge in [-0.25, -0.2) is 9.69 Å². The van der Waals surface area contributed by atoms with E-state index in [4.69, 9.17) is 13.9 Å². The van der Waals surface area contributed by atoms with Gasteiger partial charge in [0.05, 0.1) is 19.7 Å². The molecule has 12 heteroatoms. The molecule has 1 fully saturated rings. The largest absolute Gasteiger partial charge is 0.497 e. The average molecular weight is 540 g/mol. The lowest BCUT2D eigenvalue weighted by Gasteiger charge is -2.25. The third-order valence-corrected chi connectivity index (χ3v) is 8.45. The van der Waals surface area contributed by atoms with Gasteiger partial charge in [-0.05, 0) is 30.3 Å². The SMILES string of the molecule is COc1ccc2cn(C[C@@]3(c4cc5c(ccc[n+]5O)o4)NC(=O)N(COCC[Si](C)(C)C)C3=O)c(O)c2c1. The number of carbonyl (C=O) groups is 2. The van der Waals surface area contributed by atoms with Gasteiger partial charge >= 0.3 is 11.5 Å². The van der Waals surface area contributed by atoms with Crippen LogP contribution in [0.15, 0.2) is 53.2 Å². The highest BCUT2D eigenvalue weighted by Crippen LogP contribution is 2.38. The second kappa shape index (κ2) is 9.37. The fourth-order valence-electron chi connectivity index (χ4n) is 4.55. The highest BCUT2D eigenvalue weighted by Gasteiger charge is 2.56. The van der Waals surface area contributed by atoms with Crippen LogP contribution >= 0.6 is 0 Å². The monoisotopic (exact) mass is 539 g/mol. The Morgan fingerprint density at radius 3 is 2.68 bits per heavy atom. The number of ether oxygens (including phenoxy) is 2. The first-order valence-corrected chi connectivity index (χ1v) is 15.9. The first kappa shape index (κ1) is 25.6. The van der Waals surface area contributed by atoms with Crippen LogP contribution in [-0.2, 0) is 21.6 Å². The maximum atomic E-state index is 13.9. The van der Waals surface area contributed by atoms with Crippen LogP contribution in [0.4, 0.5) is 4.79 Å². The lowest BCUT2D eigenvalue weighted by atomic mass is 9.95. The summed E-state index contributed by atoms with van der Waals surface area (Å²) in [6.45, 7) is 6.69. The van der Waals surface area contributed by atoms with E-state index in [1.807, 2.05) is 0 Å². The normalized spacial score (nSPS) is 18.1. The van der Waals surface area contributed by atoms with Crippen molar-refractivity contribution in [1.29, 1.82) is 0 Å². The highest BCUT2D eigenvalue weighted by atomic mass is 28.3. The lowest BCUT2D eigenvalue weighted by Crippen LogP contribution is -2.47. The number of imide groups is 1. The third-order valence-electron chi connectivity index (χ3n) is 6.75. The van der Waals surface area contributed by atoms with E-state index in [1.54, 1.807) is 36.5 Å². The summed E-state index contributed by atoms with van der Waals surface area (Å²) < 4.78 is 19.4. The molecule has 0 radical (unpaired) electrons. The second-order valence-corrected chi connectivity index (χ2v) is 16.3. The van der Waals surface area contributed by atoms with Gasteiger partial charge in [-0.2, -0.15) is 0 Å². The Morgan fingerprint density at radius 1 is 1.18 bits per heavy atom. The van der Waals surface area contributed by atoms with Crippen molar-refractivity contribution in [3.63, 3.8) is 0 Å². The van der Waals surface area contributed by atoms with Crippen LogP contribution in [0.5, 0.6) is 11.6 Å². The molecule has 200 valence electrons. The summed E-state index contributed by atoms with van der Waals surface area (Å²) in [7, 11) is 0.170. The van der Waals surface area contributed by atoms with E-state index < -0.39 is 25.6 Å². The molecule has 4 heterocycles. The Bertz CT molecular complexity index is 1540. The number of methoxy groups -OCH3 is 1. The van der Waals surface area contributed by atoms with Crippen LogP contribution in [0.25, 0.3) is 21.9 Å². The summed E-state index contributed by atoms with van der Waals surface area (Å²) in [5, 5.41) is 25.4. The van der Waals surface area contributed by atoms with Crippen molar-refractivity contribution < 1.29 is 38.5 Å². The van der Waals surface area contributed by atoms with Crippen LogP contribution < -0.4 is 14.8 Å². The second-order valence-electron chi connectivity index (χ2n) is 10.7. The standard InChI is InChI=1S/C26H30N4O7Si/c1-35-18-8-7-17-14-28(23(31)19(17)12-18)15-26(22-13-20-21(37-22)6-5-9-30(20)34)24(32)29(25(33)27-26)16-36-10-11-38(2,3)4/h5-9,12-14H,10-11,15-16H2,1-4H3,(H2-,27,31,33,34)/p+1/t26-/m0/s1. The summed E-state index contributed by atoms with van der Waals surface area (Å²) >= 11 is 0. The van der Waals surface area contributed by atoms with Gasteiger partial charge in [0, 0.05) is 42.4 Å². The minimum atomic E-state index is -1.71. The van der Waals surface area contributed by atoms with E-state index in [1.165, 1.54) is 23.9 Å². The lowest BCUT2D eigenvalue weighted by molar-refractivity contribution is -0.884. The van der Waals surface area contributed by atoms with Gasteiger partial charge in [0.25, 0.3) is 5.91 Å². The molecule has 3 amide bonds. The van der Waals surface area contributed by atoms with Gasteiger partial charge < -0.3 is 28.9 Å². The molecule has 0 spiro atoms. The molecular formula is C26H31N4O7Si+. The average Bonchev–Trinajstić information content (AvgIpc) is 3.51. The molecule has 1 aliphatic heterocycles. The summed E-state index contributed by atoms with van der Waals surface area (Å²) in [5.74, 6) is -0.0107. The number of hydrogen-bond acceptors (Lipinski definition) is 7. The van der Waals surface area contributed by atoms with Gasteiger partial charge in [0.1, 0.15) is 18.2 Å². The van der Waals surface area contributed by atoms with Crippen LogP contribution in [0, 0.1) is 0 Å². The third kappa shape index (κ3) is 4.45. The van der Waals surface area contributed by atoms with E-state index >= 15 is 0 Å². The van der Waals surface area contributed by atoms with Gasteiger partial charge in [0.2, 0.25) is 11.8 Å². The summed E-state index contributed by atoms with van der Waals surface area (Å²) in [5.41, 5.74) is -1.06. The molecule has 0 unspecified atom stereocenters. The van der Waals surface area contributed by atoms with Crippen molar-refractivity contribution in [1.82, 2.24) is 14.8 Å². The minimum absolute atomic E-state index is 0.0986. The number of fused-ring (bicyclic) bond motifs is 2. The number of hydrogen-bond donors (Lipinski definition) is 3. The number of nitrogens with one attached hydrogen (secondary N) is 1. The number of pyridine rings is 1.